The molecule has 7 nitrogen and oxygen atoms in total. The number of carbonyl (C=O) groups is 1. The van der Waals surface area contributed by atoms with Crippen molar-refractivity contribution in [2.75, 3.05) is 19.6 Å². The maximum Gasteiger partial charge on any atom is 0.273 e. The van der Waals surface area contributed by atoms with Crippen molar-refractivity contribution < 1.29 is 4.79 Å². The van der Waals surface area contributed by atoms with Gasteiger partial charge >= 0.3 is 0 Å². The number of nitriles is 1. The van der Waals surface area contributed by atoms with E-state index in [0.29, 0.717) is 29.4 Å². The highest BCUT2D eigenvalue weighted by Gasteiger charge is 2.23. The van der Waals surface area contributed by atoms with Gasteiger partial charge in [-0.05, 0) is 19.1 Å². The molecule has 2 N–H and O–H groups in total. The molecule has 4 aromatic rings. The molecule has 1 fully saturated rings. The van der Waals surface area contributed by atoms with E-state index in [-0.39, 0.29) is 11.6 Å². The van der Waals surface area contributed by atoms with Gasteiger partial charge in [0.25, 0.3) is 5.91 Å². The largest absolute Gasteiger partial charge is 0.350 e. The SMILES string of the molecule is Cc1ccc(-c2c(-c3ccc(C#N)cc3)nc(C(=O)NCC3CNC3)c3nccn23)cc1. The van der Waals surface area contributed by atoms with Crippen LogP contribution in [-0.2, 0) is 0 Å². The summed E-state index contributed by atoms with van der Waals surface area (Å²) in [6.07, 6.45) is 3.54. The number of aromatic nitrogens is 3. The summed E-state index contributed by atoms with van der Waals surface area (Å²) in [7, 11) is 0. The van der Waals surface area contributed by atoms with Crippen LogP contribution in [0, 0.1) is 24.2 Å². The molecule has 0 spiro atoms. The van der Waals surface area contributed by atoms with Crippen molar-refractivity contribution in [1.29, 1.82) is 5.26 Å². The number of nitrogens with one attached hydrogen (secondary N) is 2. The molecule has 0 bridgehead atoms. The highest BCUT2D eigenvalue weighted by molar-refractivity contribution is 5.99. The summed E-state index contributed by atoms with van der Waals surface area (Å²) in [5, 5.41) is 15.4. The van der Waals surface area contributed by atoms with Crippen LogP contribution in [0.2, 0.25) is 0 Å². The summed E-state index contributed by atoms with van der Waals surface area (Å²) in [5.41, 5.74) is 5.85. The molecule has 2 aromatic heterocycles. The number of hydrogen-bond acceptors (Lipinski definition) is 5. The lowest BCUT2D eigenvalue weighted by Crippen LogP contribution is -2.48. The van der Waals surface area contributed by atoms with Crippen LogP contribution in [0.1, 0.15) is 21.6 Å². The van der Waals surface area contributed by atoms with Crippen molar-refractivity contribution in [2.24, 2.45) is 5.92 Å². The summed E-state index contributed by atoms with van der Waals surface area (Å²) < 4.78 is 1.92. The van der Waals surface area contributed by atoms with E-state index in [1.54, 1.807) is 18.3 Å². The Morgan fingerprint density at radius 1 is 1.16 bits per heavy atom. The summed E-state index contributed by atoms with van der Waals surface area (Å²) in [4.78, 5) is 22.4. The highest BCUT2D eigenvalue weighted by Crippen LogP contribution is 2.32. The fraction of sp³-hybridized carbons (Fsp3) is 0.200. The minimum absolute atomic E-state index is 0.238. The maximum atomic E-state index is 13.1. The number of rotatable bonds is 5. The second kappa shape index (κ2) is 8.25. The molecule has 32 heavy (non-hydrogen) atoms. The number of fused-ring (bicyclic) bond motifs is 1. The van der Waals surface area contributed by atoms with E-state index >= 15 is 0 Å². The predicted octanol–water partition coefficient (Wildman–Crippen LogP) is 3.19. The van der Waals surface area contributed by atoms with Crippen LogP contribution in [0.5, 0.6) is 0 Å². The zero-order chi connectivity index (χ0) is 22.1. The van der Waals surface area contributed by atoms with Crippen molar-refractivity contribution in [3.8, 4) is 28.6 Å². The van der Waals surface area contributed by atoms with E-state index in [1.165, 1.54) is 0 Å². The average Bonchev–Trinajstić information content (AvgIpc) is 3.27. The Labute approximate surface area is 185 Å². The lowest BCUT2D eigenvalue weighted by atomic mass is 10.0. The molecule has 0 atom stereocenters. The van der Waals surface area contributed by atoms with Gasteiger partial charge in [-0.15, -0.1) is 0 Å². The first-order valence-electron chi connectivity index (χ1n) is 10.6. The zero-order valence-electron chi connectivity index (χ0n) is 17.7. The first-order chi connectivity index (χ1) is 15.6. The van der Waals surface area contributed by atoms with Crippen LogP contribution in [0.4, 0.5) is 0 Å². The maximum absolute atomic E-state index is 13.1. The highest BCUT2D eigenvalue weighted by atomic mass is 16.1. The number of amides is 1. The Bertz CT molecular complexity index is 1330. The normalized spacial score (nSPS) is 13.5. The third-order valence-electron chi connectivity index (χ3n) is 5.79. The summed E-state index contributed by atoms with van der Waals surface area (Å²) in [6, 6.07) is 17.6. The van der Waals surface area contributed by atoms with E-state index in [1.807, 2.05) is 53.9 Å². The molecule has 158 valence electrons. The molecule has 2 aromatic carbocycles. The van der Waals surface area contributed by atoms with Gasteiger partial charge in [-0.1, -0.05) is 42.0 Å². The third-order valence-corrected chi connectivity index (χ3v) is 5.79. The molecule has 7 heteroatoms. The minimum atomic E-state index is -0.238. The monoisotopic (exact) mass is 422 g/mol. The predicted molar refractivity (Wildman–Crippen MR) is 122 cm³/mol. The molecule has 3 heterocycles. The van der Waals surface area contributed by atoms with Gasteiger partial charge in [0.15, 0.2) is 11.3 Å². The molecule has 0 radical (unpaired) electrons. The van der Waals surface area contributed by atoms with E-state index < -0.39 is 0 Å². The number of hydrogen-bond donors (Lipinski definition) is 2. The molecule has 1 aliphatic heterocycles. The Morgan fingerprint density at radius 3 is 2.53 bits per heavy atom. The number of benzene rings is 2. The second-order valence-corrected chi connectivity index (χ2v) is 8.07. The molecule has 0 saturated carbocycles. The molecule has 1 saturated heterocycles. The standard InChI is InChI=1S/C25H22N6O/c1-16-2-6-20(7-3-16)23-21(19-8-4-17(12-26)5-9-19)30-22(24-28-10-11-31(23)24)25(32)29-15-18-13-27-14-18/h2-11,18,27H,13-15H2,1H3,(H,29,32). The first-order valence-corrected chi connectivity index (χ1v) is 10.6. The van der Waals surface area contributed by atoms with Gasteiger partial charge < -0.3 is 10.6 Å². The quantitative estimate of drug-likeness (QED) is 0.515. The van der Waals surface area contributed by atoms with Crippen LogP contribution < -0.4 is 10.6 Å². The van der Waals surface area contributed by atoms with Crippen LogP contribution in [0.3, 0.4) is 0 Å². The van der Waals surface area contributed by atoms with Crippen LogP contribution >= 0.6 is 0 Å². The van der Waals surface area contributed by atoms with Crippen LogP contribution in [0.25, 0.3) is 28.2 Å². The average molecular weight is 422 g/mol. The van der Waals surface area contributed by atoms with Crippen molar-refractivity contribution in [2.45, 2.75) is 6.92 Å². The number of nitrogens with zero attached hydrogens (tertiary/aromatic N) is 4. The minimum Gasteiger partial charge on any atom is -0.350 e. The first kappa shape index (κ1) is 19.9. The molecular formula is C25H22N6O. The van der Waals surface area contributed by atoms with Gasteiger partial charge in [0.2, 0.25) is 0 Å². The summed E-state index contributed by atoms with van der Waals surface area (Å²) in [5.74, 6) is 0.206. The molecule has 0 unspecified atom stereocenters. The Balaban J connectivity index is 1.68. The van der Waals surface area contributed by atoms with Gasteiger partial charge in [-0.25, -0.2) is 9.97 Å². The van der Waals surface area contributed by atoms with E-state index in [2.05, 4.69) is 21.7 Å². The lowest BCUT2D eigenvalue weighted by molar-refractivity contribution is 0.0938. The Morgan fingerprint density at radius 2 is 1.88 bits per heavy atom. The summed E-state index contributed by atoms with van der Waals surface area (Å²) in [6.45, 7) is 4.47. The lowest BCUT2D eigenvalue weighted by Gasteiger charge is -2.27. The fourth-order valence-corrected chi connectivity index (χ4v) is 3.84. The second-order valence-electron chi connectivity index (χ2n) is 8.07. The zero-order valence-corrected chi connectivity index (χ0v) is 17.7. The number of imidazole rings is 1. The van der Waals surface area contributed by atoms with Crippen molar-refractivity contribution in [3.05, 3.63) is 77.7 Å². The van der Waals surface area contributed by atoms with Crippen molar-refractivity contribution in [3.63, 3.8) is 0 Å². The number of carbonyl (C=O) groups excluding carboxylic acids is 1. The van der Waals surface area contributed by atoms with Crippen molar-refractivity contribution >= 4 is 11.6 Å². The molecule has 0 aliphatic carbocycles. The van der Waals surface area contributed by atoms with Gasteiger partial charge in [0.05, 0.1) is 23.0 Å². The van der Waals surface area contributed by atoms with Crippen LogP contribution in [-0.4, -0.2) is 39.9 Å². The molecule has 1 amide bonds. The molecule has 1 aliphatic rings. The number of aryl methyl sites for hydroxylation is 1. The van der Waals surface area contributed by atoms with E-state index in [4.69, 9.17) is 4.98 Å². The smallest absolute Gasteiger partial charge is 0.273 e. The summed E-state index contributed by atoms with van der Waals surface area (Å²) >= 11 is 0. The Hall–Kier alpha value is -4.02. The molecular weight excluding hydrogens is 400 g/mol. The van der Waals surface area contributed by atoms with E-state index in [0.717, 1.165) is 35.5 Å². The van der Waals surface area contributed by atoms with Gasteiger partial charge in [0.1, 0.15) is 0 Å². The van der Waals surface area contributed by atoms with Crippen LogP contribution in [0.15, 0.2) is 60.9 Å². The Kier molecular flexibility index (Phi) is 5.13. The molecule has 5 rings (SSSR count). The van der Waals surface area contributed by atoms with Gasteiger partial charge in [-0.2, -0.15) is 5.26 Å². The fourth-order valence-electron chi connectivity index (χ4n) is 3.84. The van der Waals surface area contributed by atoms with Gasteiger partial charge in [-0.3, -0.25) is 9.20 Å². The topological polar surface area (TPSA) is 95.1 Å². The third kappa shape index (κ3) is 3.61. The van der Waals surface area contributed by atoms with Crippen molar-refractivity contribution in [1.82, 2.24) is 25.0 Å². The van der Waals surface area contributed by atoms with Gasteiger partial charge in [0, 0.05) is 49.1 Å². The van der Waals surface area contributed by atoms with E-state index in [9.17, 15) is 10.1 Å².